The van der Waals surface area contributed by atoms with Crippen LogP contribution in [0.15, 0.2) is 30.3 Å². The van der Waals surface area contributed by atoms with Crippen molar-refractivity contribution in [3.05, 3.63) is 36.0 Å². The number of hydrogen-bond acceptors (Lipinski definition) is 4. The second-order valence-corrected chi connectivity index (χ2v) is 7.23. The van der Waals surface area contributed by atoms with Gasteiger partial charge >= 0.3 is 0 Å². The molecule has 1 aromatic carbocycles. The molecule has 0 spiro atoms. The number of H-pyrrole nitrogens is 1. The molecule has 0 bridgehead atoms. The third-order valence-electron chi connectivity index (χ3n) is 4.34. The van der Waals surface area contributed by atoms with E-state index < -0.39 is 11.5 Å². The number of aromatic amines is 1. The van der Waals surface area contributed by atoms with Gasteiger partial charge in [0.25, 0.3) is 5.91 Å². The zero-order chi connectivity index (χ0) is 18.6. The molecule has 25 heavy (non-hydrogen) atoms. The fraction of sp³-hybridized carbons (Fsp3) is 0.474. The molecule has 1 heterocycles. The molecule has 2 aromatic rings. The fourth-order valence-electron chi connectivity index (χ4n) is 2.84. The lowest BCUT2D eigenvalue weighted by atomic mass is 9.80. The van der Waals surface area contributed by atoms with E-state index >= 15 is 0 Å². The second kappa shape index (κ2) is 7.70. The number of ether oxygens (including phenoxy) is 1. The summed E-state index contributed by atoms with van der Waals surface area (Å²) in [5.74, 6) is 0.566. The van der Waals surface area contributed by atoms with Crippen LogP contribution in [0.3, 0.4) is 0 Å². The number of nitrogens with one attached hydrogen (secondary N) is 2. The van der Waals surface area contributed by atoms with E-state index in [4.69, 9.17) is 4.74 Å². The van der Waals surface area contributed by atoms with Gasteiger partial charge < -0.3 is 15.2 Å². The average molecular weight is 345 g/mol. The normalized spacial score (nSPS) is 12.9. The number of benzene rings is 1. The van der Waals surface area contributed by atoms with Crippen LogP contribution in [0.5, 0.6) is 5.75 Å². The highest BCUT2D eigenvalue weighted by Gasteiger charge is 2.30. The molecule has 0 fully saturated rings. The molecule has 0 radical (unpaired) electrons. The van der Waals surface area contributed by atoms with Crippen molar-refractivity contribution in [3.8, 4) is 17.0 Å². The molecule has 136 valence electrons. The maximum absolute atomic E-state index is 12.4. The highest BCUT2D eigenvalue weighted by molar-refractivity contribution is 5.93. The van der Waals surface area contributed by atoms with E-state index in [1.807, 2.05) is 52.0 Å². The number of aliphatic hydroxyl groups excluding tert-OH is 1. The van der Waals surface area contributed by atoms with E-state index in [1.165, 1.54) is 0 Å². The van der Waals surface area contributed by atoms with Crippen LogP contribution < -0.4 is 10.1 Å². The zero-order valence-electron chi connectivity index (χ0n) is 15.5. The van der Waals surface area contributed by atoms with Gasteiger partial charge in [-0.15, -0.1) is 0 Å². The standard InChI is InChI=1S/C19H27N3O3/c1-12(2)17(23)19(3,4)11-20-18(24)15-10-14(21-22-15)13-8-6-7-9-16(13)25-5/h6-10,12,17,23H,11H2,1-5H3,(H,20,24)(H,21,22). The Labute approximate surface area is 148 Å². The van der Waals surface area contributed by atoms with Crippen molar-refractivity contribution in [1.29, 1.82) is 0 Å². The summed E-state index contributed by atoms with van der Waals surface area (Å²) in [4.78, 5) is 12.4. The third kappa shape index (κ3) is 4.39. The van der Waals surface area contributed by atoms with Crippen molar-refractivity contribution in [1.82, 2.24) is 15.5 Å². The summed E-state index contributed by atoms with van der Waals surface area (Å²) in [5, 5.41) is 20.1. The van der Waals surface area contributed by atoms with E-state index in [0.29, 0.717) is 23.7 Å². The number of rotatable bonds is 7. The highest BCUT2D eigenvalue weighted by Crippen LogP contribution is 2.28. The molecule has 6 nitrogen and oxygen atoms in total. The van der Waals surface area contributed by atoms with Gasteiger partial charge in [-0.2, -0.15) is 5.10 Å². The number of carbonyl (C=O) groups is 1. The number of carbonyl (C=O) groups excluding carboxylic acids is 1. The first-order chi connectivity index (χ1) is 11.8. The summed E-state index contributed by atoms with van der Waals surface area (Å²) in [7, 11) is 1.60. The number of methoxy groups -OCH3 is 1. The average Bonchev–Trinajstić information content (AvgIpc) is 3.08. The lowest BCUT2D eigenvalue weighted by molar-refractivity contribution is 0.0138. The first-order valence-corrected chi connectivity index (χ1v) is 8.41. The predicted molar refractivity (Wildman–Crippen MR) is 97.5 cm³/mol. The summed E-state index contributed by atoms with van der Waals surface area (Å²) < 4.78 is 5.33. The number of aliphatic hydroxyl groups is 1. The monoisotopic (exact) mass is 345 g/mol. The molecular weight excluding hydrogens is 318 g/mol. The van der Waals surface area contributed by atoms with Gasteiger partial charge in [-0.05, 0) is 24.1 Å². The summed E-state index contributed by atoms with van der Waals surface area (Å²) in [6, 6.07) is 9.20. The van der Waals surface area contributed by atoms with Gasteiger partial charge in [0.2, 0.25) is 0 Å². The summed E-state index contributed by atoms with van der Waals surface area (Å²) >= 11 is 0. The lowest BCUT2D eigenvalue weighted by Crippen LogP contribution is -2.43. The number of para-hydroxylation sites is 1. The summed E-state index contributed by atoms with van der Waals surface area (Å²) in [6.07, 6.45) is -0.501. The number of amides is 1. The molecule has 3 N–H and O–H groups in total. The van der Waals surface area contributed by atoms with E-state index in [2.05, 4.69) is 15.5 Å². The van der Waals surface area contributed by atoms with Crippen LogP contribution in [0.4, 0.5) is 0 Å². The van der Waals surface area contributed by atoms with E-state index in [-0.39, 0.29) is 11.8 Å². The molecule has 6 heteroatoms. The van der Waals surface area contributed by atoms with Crippen molar-refractivity contribution in [2.45, 2.75) is 33.8 Å². The first kappa shape index (κ1) is 19.0. The summed E-state index contributed by atoms with van der Waals surface area (Å²) in [6.45, 7) is 8.16. The molecule has 1 atom stereocenters. The maximum Gasteiger partial charge on any atom is 0.269 e. The van der Waals surface area contributed by atoms with Crippen LogP contribution in [0, 0.1) is 11.3 Å². The number of aromatic nitrogens is 2. The minimum atomic E-state index is -0.501. The second-order valence-electron chi connectivity index (χ2n) is 7.23. The van der Waals surface area contributed by atoms with E-state index in [0.717, 1.165) is 5.56 Å². The Balaban J connectivity index is 2.08. The SMILES string of the molecule is COc1ccccc1-c1cc(C(=O)NCC(C)(C)C(O)C(C)C)[nH]n1. The van der Waals surface area contributed by atoms with Crippen LogP contribution in [-0.4, -0.2) is 41.0 Å². The molecule has 1 unspecified atom stereocenters. The van der Waals surface area contributed by atoms with Gasteiger partial charge in [0.15, 0.2) is 0 Å². The van der Waals surface area contributed by atoms with Gasteiger partial charge in [-0.3, -0.25) is 9.89 Å². The molecule has 2 rings (SSSR count). The van der Waals surface area contributed by atoms with Gasteiger partial charge in [0, 0.05) is 17.5 Å². The highest BCUT2D eigenvalue weighted by atomic mass is 16.5. The Morgan fingerprint density at radius 3 is 2.68 bits per heavy atom. The topological polar surface area (TPSA) is 87.2 Å². The van der Waals surface area contributed by atoms with Crippen LogP contribution in [0.25, 0.3) is 11.3 Å². The van der Waals surface area contributed by atoms with Crippen molar-refractivity contribution in [3.63, 3.8) is 0 Å². The molecule has 0 aliphatic heterocycles. The van der Waals surface area contributed by atoms with Crippen LogP contribution in [-0.2, 0) is 0 Å². The molecular formula is C19H27N3O3. The maximum atomic E-state index is 12.4. The molecule has 1 amide bonds. The molecule has 0 aliphatic carbocycles. The number of hydrogen-bond donors (Lipinski definition) is 3. The van der Waals surface area contributed by atoms with E-state index in [1.54, 1.807) is 13.2 Å². The van der Waals surface area contributed by atoms with Gasteiger partial charge in [-0.25, -0.2) is 0 Å². The van der Waals surface area contributed by atoms with E-state index in [9.17, 15) is 9.90 Å². The minimum absolute atomic E-state index is 0.121. The first-order valence-electron chi connectivity index (χ1n) is 8.41. The van der Waals surface area contributed by atoms with Crippen LogP contribution in [0.1, 0.15) is 38.2 Å². The smallest absolute Gasteiger partial charge is 0.269 e. The Hall–Kier alpha value is -2.34. The lowest BCUT2D eigenvalue weighted by Gasteiger charge is -2.33. The Bertz CT molecular complexity index is 722. The number of nitrogens with zero attached hydrogens (tertiary/aromatic N) is 1. The molecule has 0 aliphatic rings. The van der Waals surface area contributed by atoms with Gasteiger partial charge in [0.1, 0.15) is 11.4 Å². The Morgan fingerprint density at radius 1 is 1.36 bits per heavy atom. The van der Waals surface area contributed by atoms with Gasteiger partial charge in [0.05, 0.1) is 18.9 Å². The molecule has 1 aromatic heterocycles. The van der Waals surface area contributed by atoms with Crippen molar-refractivity contribution in [2.75, 3.05) is 13.7 Å². The van der Waals surface area contributed by atoms with Crippen molar-refractivity contribution in [2.24, 2.45) is 11.3 Å². The van der Waals surface area contributed by atoms with Gasteiger partial charge in [-0.1, -0.05) is 39.8 Å². The largest absolute Gasteiger partial charge is 0.496 e. The summed E-state index contributed by atoms with van der Waals surface area (Å²) in [5.41, 5.74) is 1.41. The Kier molecular flexibility index (Phi) is 5.85. The Morgan fingerprint density at radius 2 is 2.04 bits per heavy atom. The molecule has 0 saturated carbocycles. The van der Waals surface area contributed by atoms with Crippen LogP contribution in [0.2, 0.25) is 0 Å². The zero-order valence-corrected chi connectivity index (χ0v) is 15.5. The molecule has 0 saturated heterocycles. The van der Waals surface area contributed by atoms with Crippen molar-refractivity contribution < 1.29 is 14.6 Å². The van der Waals surface area contributed by atoms with Crippen molar-refractivity contribution >= 4 is 5.91 Å². The van der Waals surface area contributed by atoms with Crippen LogP contribution >= 0.6 is 0 Å². The quantitative estimate of drug-likeness (QED) is 0.720. The third-order valence-corrected chi connectivity index (χ3v) is 4.34. The predicted octanol–water partition coefficient (Wildman–Crippen LogP) is 2.86. The minimum Gasteiger partial charge on any atom is -0.496 e. The fourth-order valence-corrected chi connectivity index (χ4v) is 2.84.